The van der Waals surface area contributed by atoms with E-state index in [4.69, 9.17) is 4.74 Å². The third-order valence-electron chi connectivity index (χ3n) is 4.85. The lowest BCUT2D eigenvalue weighted by Gasteiger charge is -2.50. The number of anilines is 1. The number of hydrogen-bond acceptors (Lipinski definition) is 4. The maximum atomic E-state index is 12.7. The lowest BCUT2D eigenvalue weighted by Crippen LogP contribution is -2.74. The molecule has 3 rings (SSSR count). The van der Waals surface area contributed by atoms with E-state index in [9.17, 15) is 18.0 Å². The molecule has 27 heavy (non-hydrogen) atoms. The first-order chi connectivity index (χ1) is 12.7. The van der Waals surface area contributed by atoms with E-state index < -0.39 is 17.3 Å². The number of alkyl halides is 3. The molecule has 1 atom stereocenters. The standard InChI is InChI=1S/C20H21F3N2O2/c1-14(15-8-10-16(11-9-15)20(21,22)23)24-19(18(26)27-2)12-25(13-19)17-6-4-3-5-7-17/h3-11,14,24H,12-13H2,1-2H3/t14-/m0/s1. The second kappa shape index (κ2) is 7.23. The zero-order valence-corrected chi connectivity index (χ0v) is 15.1. The van der Waals surface area contributed by atoms with Crippen molar-refractivity contribution >= 4 is 11.7 Å². The molecule has 4 nitrogen and oxygen atoms in total. The van der Waals surface area contributed by atoms with E-state index in [2.05, 4.69) is 5.32 Å². The van der Waals surface area contributed by atoms with Crippen LogP contribution in [0.1, 0.15) is 24.1 Å². The number of benzene rings is 2. The van der Waals surface area contributed by atoms with Crippen LogP contribution in [0.4, 0.5) is 18.9 Å². The van der Waals surface area contributed by atoms with E-state index in [1.807, 2.05) is 42.2 Å². The molecule has 0 aromatic heterocycles. The van der Waals surface area contributed by atoms with Crippen LogP contribution in [0, 0.1) is 0 Å². The highest BCUT2D eigenvalue weighted by Gasteiger charge is 2.51. The summed E-state index contributed by atoms with van der Waals surface area (Å²) < 4.78 is 43.2. The summed E-state index contributed by atoms with van der Waals surface area (Å²) in [6.07, 6.45) is -4.37. The summed E-state index contributed by atoms with van der Waals surface area (Å²) in [6, 6.07) is 14.3. The number of carbonyl (C=O) groups is 1. The lowest BCUT2D eigenvalue weighted by atomic mass is 9.87. The van der Waals surface area contributed by atoms with Gasteiger partial charge in [-0.05, 0) is 36.8 Å². The maximum absolute atomic E-state index is 12.7. The molecule has 7 heteroatoms. The largest absolute Gasteiger partial charge is 0.468 e. The van der Waals surface area contributed by atoms with Crippen molar-refractivity contribution in [3.05, 3.63) is 65.7 Å². The minimum atomic E-state index is -4.37. The number of ether oxygens (including phenoxy) is 1. The Morgan fingerprint density at radius 1 is 1.11 bits per heavy atom. The van der Waals surface area contributed by atoms with Crippen LogP contribution < -0.4 is 10.2 Å². The van der Waals surface area contributed by atoms with Crippen molar-refractivity contribution in [3.8, 4) is 0 Å². The van der Waals surface area contributed by atoms with Crippen LogP contribution in [0.3, 0.4) is 0 Å². The summed E-state index contributed by atoms with van der Waals surface area (Å²) in [6.45, 7) is 2.67. The maximum Gasteiger partial charge on any atom is 0.416 e. The molecule has 1 N–H and O–H groups in total. The number of rotatable bonds is 5. The highest BCUT2D eigenvalue weighted by molar-refractivity contribution is 5.85. The fraction of sp³-hybridized carbons (Fsp3) is 0.350. The third kappa shape index (κ3) is 3.93. The highest BCUT2D eigenvalue weighted by Crippen LogP contribution is 2.33. The van der Waals surface area contributed by atoms with Gasteiger partial charge < -0.3 is 9.64 Å². The minimum absolute atomic E-state index is 0.315. The Labute approximate surface area is 155 Å². The van der Waals surface area contributed by atoms with Crippen LogP contribution in [0.25, 0.3) is 0 Å². The predicted molar refractivity (Wildman–Crippen MR) is 96.4 cm³/mol. The topological polar surface area (TPSA) is 41.6 Å². The molecular formula is C20H21F3N2O2. The first-order valence-electron chi connectivity index (χ1n) is 8.58. The molecule has 0 amide bonds. The summed E-state index contributed by atoms with van der Waals surface area (Å²) in [5.74, 6) is -0.381. The summed E-state index contributed by atoms with van der Waals surface area (Å²) >= 11 is 0. The number of methoxy groups -OCH3 is 1. The normalized spacial score (nSPS) is 17.1. The van der Waals surface area contributed by atoms with Gasteiger partial charge in [-0.2, -0.15) is 13.2 Å². The Morgan fingerprint density at radius 2 is 1.70 bits per heavy atom. The number of carbonyl (C=O) groups excluding carboxylic acids is 1. The van der Waals surface area contributed by atoms with Gasteiger partial charge in [0.15, 0.2) is 5.54 Å². The number of halogens is 3. The van der Waals surface area contributed by atoms with E-state index >= 15 is 0 Å². The van der Waals surface area contributed by atoms with E-state index in [1.165, 1.54) is 19.2 Å². The van der Waals surface area contributed by atoms with Crippen molar-refractivity contribution in [2.75, 3.05) is 25.1 Å². The molecule has 1 aliphatic rings. The van der Waals surface area contributed by atoms with Gasteiger partial charge in [0.05, 0.1) is 12.7 Å². The number of hydrogen-bond donors (Lipinski definition) is 1. The Hall–Kier alpha value is -2.54. The number of nitrogens with one attached hydrogen (secondary N) is 1. The molecule has 0 unspecified atom stereocenters. The summed E-state index contributed by atoms with van der Waals surface area (Å²) in [5, 5.41) is 3.26. The molecule has 2 aromatic carbocycles. The Balaban J connectivity index is 1.73. The van der Waals surface area contributed by atoms with Crippen LogP contribution in [-0.4, -0.2) is 31.7 Å². The average Bonchev–Trinajstić information content (AvgIpc) is 2.63. The SMILES string of the molecule is COC(=O)C1(N[C@@H](C)c2ccc(C(F)(F)F)cc2)CN(c2ccccc2)C1. The molecule has 144 valence electrons. The quantitative estimate of drug-likeness (QED) is 0.804. The Kier molecular flexibility index (Phi) is 5.15. The van der Waals surface area contributed by atoms with Crippen LogP contribution in [0.5, 0.6) is 0 Å². The first-order valence-corrected chi connectivity index (χ1v) is 8.58. The molecule has 0 radical (unpaired) electrons. The Bertz CT molecular complexity index is 785. The summed E-state index contributed by atoms with van der Waals surface area (Å²) in [5.41, 5.74) is 0.0812. The monoisotopic (exact) mass is 378 g/mol. The van der Waals surface area contributed by atoms with Gasteiger partial charge in [0.1, 0.15) is 0 Å². The minimum Gasteiger partial charge on any atom is -0.468 e. The zero-order valence-electron chi connectivity index (χ0n) is 15.1. The van der Waals surface area contributed by atoms with Crippen molar-refractivity contribution in [2.24, 2.45) is 0 Å². The molecule has 1 heterocycles. The zero-order chi connectivity index (χ0) is 19.7. The van der Waals surface area contributed by atoms with Gasteiger partial charge in [-0.3, -0.25) is 5.32 Å². The molecule has 0 aliphatic carbocycles. The van der Waals surface area contributed by atoms with Gasteiger partial charge in [0.25, 0.3) is 0 Å². The molecule has 1 fully saturated rings. The number of nitrogens with zero attached hydrogens (tertiary/aromatic N) is 1. The second-order valence-corrected chi connectivity index (χ2v) is 6.75. The molecule has 1 saturated heterocycles. The predicted octanol–water partition coefficient (Wildman–Crippen LogP) is 3.79. The molecule has 1 aliphatic heterocycles. The van der Waals surface area contributed by atoms with E-state index in [1.54, 1.807) is 0 Å². The highest BCUT2D eigenvalue weighted by atomic mass is 19.4. The third-order valence-corrected chi connectivity index (χ3v) is 4.85. The average molecular weight is 378 g/mol. The fourth-order valence-electron chi connectivity index (χ4n) is 3.36. The summed E-state index contributed by atoms with van der Waals surface area (Å²) in [7, 11) is 1.33. The number of para-hydroxylation sites is 1. The van der Waals surface area contributed by atoms with Crippen molar-refractivity contribution in [2.45, 2.75) is 24.7 Å². The van der Waals surface area contributed by atoms with Crippen LogP contribution in [-0.2, 0) is 15.7 Å². The second-order valence-electron chi connectivity index (χ2n) is 6.75. The van der Waals surface area contributed by atoms with E-state index in [0.717, 1.165) is 17.8 Å². The Morgan fingerprint density at radius 3 is 2.22 bits per heavy atom. The van der Waals surface area contributed by atoms with Crippen LogP contribution in [0.15, 0.2) is 54.6 Å². The molecule has 0 saturated carbocycles. The van der Waals surface area contributed by atoms with Gasteiger partial charge in [-0.25, -0.2) is 4.79 Å². The van der Waals surface area contributed by atoms with Crippen LogP contribution >= 0.6 is 0 Å². The lowest BCUT2D eigenvalue weighted by molar-refractivity contribution is -0.150. The van der Waals surface area contributed by atoms with E-state index in [-0.39, 0.29) is 12.0 Å². The number of esters is 1. The van der Waals surface area contributed by atoms with Crippen LogP contribution in [0.2, 0.25) is 0 Å². The first kappa shape index (κ1) is 19.2. The molecule has 0 bridgehead atoms. The van der Waals surface area contributed by atoms with Crippen molar-refractivity contribution in [1.82, 2.24) is 5.32 Å². The van der Waals surface area contributed by atoms with Crippen molar-refractivity contribution in [3.63, 3.8) is 0 Å². The van der Waals surface area contributed by atoms with Gasteiger partial charge in [0, 0.05) is 24.8 Å². The van der Waals surface area contributed by atoms with E-state index in [0.29, 0.717) is 18.7 Å². The summed E-state index contributed by atoms with van der Waals surface area (Å²) in [4.78, 5) is 14.4. The van der Waals surface area contributed by atoms with Crippen molar-refractivity contribution < 1.29 is 22.7 Å². The van der Waals surface area contributed by atoms with Gasteiger partial charge in [0.2, 0.25) is 0 Å². The van der Waals surface area contributed by atoms with Crippen molar-refractivity contribution in [1.29, 1.82) is 0 Å². The van der Waals surface area contributed by atoms with Gasteiger partial charge in [-0.1, -0.05) is 30.3 Å². The fourth-order valence-corrected chi connectivity index (χ4v) is 3.36. The molecular weight excluding hydrogens is 357 g/mol. The van der Waals surface area contributed by atoms with Gasteiger partial charge >= 0.3 is 12.1 Å². The van der Waals surface area contributed by atoms with Gasteiger partial charge in [-0.15, -0.1) is 0 Å². The molecule has 0 spiro atoms. The smallest absolute Gasteiger partial charge is 0.416 e. The molecule has 2 aromatic rings.